The number of nitriles is 1. The molecule has 4 rings (SSSR count). The van der Waals surface area contributed by atoms with E-state index in [9.17, 15) is 9.65 Å². The van der Waals surface area contributed by atoms with E-state index in [0.29, 0.717) is 17.9 Å². The van der Waals surface area contributed by atoms with Crippen molar-refractivity contribution in [2.75, 3.05) is 20.2 Å². The fraction of sp³-hybridized carbons (Fsp3) is 0.345. The number of likely N-dealkylation sites (tertiary alicyclic amines) is 1. The maximum absolute atomic E-state index is 13.8. The highest BCUT2D eigenvalue weighted by molar-refractivity contribution is 5.45. The summed E-state index contributed by atoms with van der Waals surface area (Å²) in [6.45, 7) is 5.93. The first kappa shape index (κ1) is 23.8. The summed E-state index contributed by atoms with van der Waals surface area (Å²) in [6.07, 6.45) is 1.54. The quantitative estimate of drug-likeness (QED) is 0.397. The second-order valence-electron chi connectivity index (χ2n) is 9.53. The molecule has 3 aromatic carbocycles. The van der Waals surface area contributed by atoms with E-state index in [2.05, 4.69) is 24.8 Å². The SMILES string of the molecule is COc1cc(F)cc(OC2CN(C(C)(C)CCC(C#N)(c3ccccc3)c3ccccc3)C2)c1. The van der Waals surface area contributed by atoms with Crippen LogP contribution in [0.15, 0.2) is 78.9 Å². The Kier molecular flexibility index (Phi) is 6.90. The van der Waals surface area contributed by atoms with Crippen molar-refractivity contribution < 1.29 is 13.9 Å². The lowest BCUT2D eigenvalue weighted by Gasteiger charge is -2.49. The average molecular weight is 459 g/mol. The Morgan fingerprint density at radius 3 is 2.00 bits per heavy atom. The molecule has 1 aliphatic heterocycles. The minimum atomic E-state index is -0.710. The number of halogens is 1. The highest BCUT2D eigenvalue weighted by Crippen LogP contribution is 2.40. The molecule has 34 heavy (non-hydrogen) atoms. The monoisotopic (exact) mass is 458 g/mol. The Hall–Kier alpha value is -3.36. The summed E-state index contributed by atoms with van der Waals surface area (Å²) in [6, 6.07) is 27.2. The Balaban J connectivity index is 1.44. The van der Waals surface area contributed by atoms with Crippen LogP contribution in [0.5, 0.6) is 11.5 Å². The van der Waals surface area contributed by atoms with Crippen LogP contribution >= 0.6 is 0 Å². The zero-order valence-corrected chi connectivity index (χ0v) is 20.0. The number of ether oxygens (including phenoxy) is 2. The van der Waals surface area contributed by atoms with Crippen LogP contribution in [0, 0.1) is 17.1 Å². The standard InChI is InChI=1S/C29H31FN2O2/c1-28(2,32-19-27(20-32)34-26-17-24(30)16-25(18-26)33-3)14-15-29(21-31,22-10-6-4-7-11-22)23-12-8-5-9-13-23/h4-13,16-18,27H,14-15,19-20H2,1-3H3. The van der Waals surface area contributed by atoms with E-state index in [1.54, 1.807) is 6.07 Å². The van der Waals surface area contributed by atoms with E-state index in [0.717, 1.165) is 30.6 Å². The van der Waals surface area contributed by atoms with Crippen molar-refractivity contribution in [3.8, 4) is 17.6 Å². The van der Waals surface area contributed by atoms with Crippen molar-refractivity contribution in [3.05, 3.63) is 95.8 Å². The zero-order valence-electron chi connectivity index (χ0n) is 20.0. The van der Waals surface area contributed by atoms with Crippen LogP contribution in [0.1, 0.15) is 37.8 Å². The van der Waals surface area contributed by atoms with Crippen molar-refractivity contribution >= 4 is 0 Å². The summed E-state index contributed by atoms with van der Waals surface area (Å²) in [5, 5.41) is 10.4. The maximum Gasteiger partial charge on any atom is 0.130 e. The van der Waals surface area contributed by atoms with Gasteiger partial charge in [0, 0.05) is 36.8 Å². The number of hydrogen-bond donors (Lipinski definition) is 0. The molecule has 1 fully saturated rings. The fourth-order valence-corrected chi connectivity index (χ4v) is 4.66. The fourth-order valence-electron chi connectivity index (χ4n) is 4.66. The third kappa shape index (κ3) is 4.93. The van der Waals surface area contributed by atoms with Gasteiger partial charge in [-0.1, -0.05) is 60.7 Å². The number of nitrogens with zero attached hydrogens (tertiary/aromatic N) is 2. The minimum absolute atomic E-state index is 0.00486. The number of benzene rings is 3. The molecule has 0 amide bonds. The van der Waals surface area contributed by atoms with Crippen molar-refractivity contribution in [1.29, 1.82) is 5.26 Å². The van der Waals surface area contributed by atoms with Gasteiger partial charge in [-0.2, -0.15) is 5.26 Å². The minimum Gasteiger partial charge on any atom is -0.497 e. The molecule has 0 aromatic heterocycles. The molecule has 4 nitrogen and oxygen atoms in total. The summed E-state index contributed by atoms with van der Waals surface area (Å²) in [5.41, 5.74) is 1.21. The normalized spacial score (nSPS) is 14.8. The molecule has 0 atom stereocenters. The molecule has 0 bridgehead atoms. The molecule has 0 unspecified atom stereocenters. The molecule has 0 aliphatic carbocycles. The van der Waals surface area contributed by atoms with E-state index < -0.39 is 5.41 Å². The highest BCUT2D eigenvalue weighted by Gasteiger charge is 2.42. The molecule has 0 spiro atoms. The first-order chi connectivity index (χ1) is 16.4. The largest absolute Gasteiger partial charge is 0.497 e. The van der Waals surface area contributed by atoms with Crippen molar-refractivity contribution in [3.63, 3.8) is 0 Å². The van der Waals surface area contributed by atoms with Gasteiger partial charge in [-0.25, -0.2) is 4.39 Å². The van der Waals surface area contributed by atoms with Gasteiger partial charge in [0.05, 0.1) is 13.2 Å². The number of rotatable bonds is 9. The van der Waals surface area contributed by atoms with Crippen LogP contribution in [0.3, 0.4) is 0 Å². The molecule has 1 saturated heterocycles. The van der Waals surface area contributed by atoms with Gasteiger partial charge in [-0.15, -0.1) is 0 Å². The lowest BCUT2D eigenvalue weighted by Crippen LogP contribution is -2.62. The van der Waals surface area contributed by atoms with Crippen LogP contribution in [-0.2, 0) is 5.41 Å². The Morgan fingerprint density at radius 2 is 1.47 bits per heavy atom. The van der Waals surface area contributed by atoms with Gasteiger partial charge in [0.15, 0.2) is 0 Å². The first-order valence-electron chi connectivity index (χ1n) is 11.6. The lowest BCUT2D eigenvalue weighted by atomic mass is 9.70. The topological polar surface area (TPSA) is 45.5 Å². The number of hydrogen-bond acceptors (Lipinski definition) is 4. The van der Waals surface area contributed by atoms with Crippen LogP contribution in [0.25, 0.3) is 0 Å². The smallest absolute Gasteiger partial charge is 0.130 e. The summed E-state index contributed by atoms with van der Waals surface area (Å²) in [7, 11) is 1.51. The molecule has 3 aromatic rings. The molecule has 0 radical (unpaired) electrons. The average Bonchev–Trinajstić information content (AvgIpc) is 2.82. The van der Waals surface area contributed by atoms with Crippen LogP contribution in [0.4, 0.5) is 4.39 Å². The van der Waals surface area contributed by atoms with Gasteiger partial charge in [-0.3, -0.25) is 4.90 Å². The predicted molar refractivity (Wildman–Crippen MR) is 132 cm³/mol. The molecule has 0 saturated carbocycles. The maximum atomic E-state index is 13.8. The van der Waals surface area contributed by atoms with Gasteiger partial charge in [0.1, 0.15) is 28.8 Å². The zero-order chi connectivity index (χ0) is 24.2. The predicted octanol–water partition coefficient (Wildman–Crippen LogP) is 5.97. The molecule has 176 valence electrons. The molecular formula is C29H31FN2O2. The van der Waals surface area contributed by atoms with Crippen molar-refractivity contribution in [2.45, 2.75) is 43.7 Å². The second-order valence-corrected chi connectivity index (χ2v) is 9.53. The Labute approximate surface area is 201 Å². The molecule has 5 heteroatoms. The molecule has 0 N–H and O–H groups in total. The van der Waals surface area contributed by atoms with E-state index >= 15 is 0 Å². The van der Waals surface area contributed by atoms with Crippen molar-refractivity contribution in [1.82, 2.24) is 4.90 Å². The molecular weight excluding hydrogens is 427 g/mol. The third-order valence-corrected chi connectivity index (χ3v) is 6.92. The van der Waals surface area contributed by atoms with Crippen LogP contribution in [0.2, 0.25) is 0 Å². The molecule has 1 aliphatic rings. The van der Waals surface area contributed by atoms with Crippen molar-refractivity contribution in [2.24, 2.45) is 0 Å². The highest BCUT2D eigenvalue weighted by atomic mass is 19.1. The van der Waals surface area contributed by atoms with Gasteiger partial charge in [0.25, 0.3) is 0 Å². The van der Waals surface area contributed by atoms with E-state index in [4.69, 9.17) is 9.47 Å². The van der Waals surface area contributed by atoms with E-state index in [1.165, 1.54) is 19.2 Å². The van der Waals surface area contributed by atoms with Gasteiger partial charge in [0.2, 0.25) is 0 Å². The summed E-state index contributed by atoms with van der Waals surface area (Å²) in [4.78, 5) is 2.37. The Bertz CT molecular complexity index is 1100. The number of methoxy groups -OCH3 is 1. The summed E-state index contributed by atoms with van der Waals surface area (Å²) < 4.78 is 24.9. The van der Waals surface area contributed by atoms with Crippen LogP contribution < -0.4 is 9.47 Å². The summed E-state index contributed by atoms with van der Waals surface area (Å²) >= 11 is 0. The van der Waals surface area contributed by atoms with Gasteiger partial charge < -0.3 is 9.47 Å². The lowest BCUT2D eigenvalue weighted by molar-refractivity contribution is -0.0465. The second kappa shape index (κ2) is 9.87. The van der Waals surface area contributed by atoms with Gasteiger partial charge >= 0.3 is 0 Å². The Morgan fingerprint density at radius 1 is 0.912 bits per heavy atom. The van der Waals surface area contributed by atoms with Gasteiger partial charge in [-0.05, 0) is 37.8 Å². The van der Waals surface area contributed by atoms with E-state index in [1.807, 2.05) is 60.7 Å². The van der Waals surface area contributed by atoms with Crippen LogP contribution in [-0.4, -0.2) is 36.7 Å². The van der Waals surface area contributed by atoms with E-state index in [-0.39, 0.29) is 17.5 Å². The summed E-state index contributed by atoms with van der Waals surface area (Å²) in [5.74, 6) is 0.553. The molecule has 1 heterocycles. The first-order valence-corrected chi connectivity index (χ1v) is 11.6. The third-order valence-electron chi connectivity index (χ3n) is 6.92.